The molecule has 4 aromatic rings. The van der Waals surface area contributed by atoms with E-state index in [0.717, 1.165) is 22.2 Å². The summed E-state index contributed by atoms with van der Waals surface area (Å²) in [4.78, 5) is 45.4. The molecular weight excluding hydrogens is 629 g/mol. The monoisotopic (exact) mass is 661 g/mol. The number of nitrogens with zero attached hydrogens (tertiary/aromatic N) is 3. The zero-order valence-corrected chi connectivity index (χ0v) is 26.9. The first kappa shape index (κ1) is 32.7. The molecule has 0 atom stereocenters. The molecule has 238 valence electrons. The predicted molar refractivity (Wildman–Crippen MR) is 181 cm³/mol. The third-order valence-corrected chi connectivity index (χ3v) is 8.17. The van der Waals surface area contributed by atoms with E-state index < -0.39 is 5.91 Å². The minimum atomic E-state index is -0.443. The first-order valence-corrected chi connectivity index (χ1v) is 15.4. The van der Waals surface area contributed by atoms with Gasteiger partial charge in [-0.25, -0.2) is 9.78 Å². The molecule has 10 nitrogen and oxygen atoms in total. The fourth-order valence-corrected chi connectivity index (χ4v) is 5.36. The van der Waals surface area contributed by atoms with Crippen molar-refractivity contribution in [1.29, 1.82) is 0 Å². The Morgan fingerprint density at radius 3 is 2.54 bits per heavy atom. The standard InChI is InChI=1S/C34H33Cl2N5O5/c1-22-6-10-24-4-3-5-29(33(24)38-22)46-21-26-27(35)13-14-28(32(26)36)40(2)31(43)20-37-30(42)15-9-23-7-11-25(12-8-23)39-34(44)41-16-18-45-19-17-41/h3-15H,16-21H2,1-2H3,(H,37,42)(H,39,44)/b15-9+. The Bertz CT molecular complexity index is 1770. The van der Waals surface area contributed by atoms with Crippen LogP contribution in [0.3, 0.4) is 0 Å². The van der Waals surface area contributed by atoms with Gasteiger partial charge in [-0.3, -0.25) is 9.59 Å². The smallest absolute Gasteiger partial charge is 0.321 e. The van der Waals surface area contributed by atoms with E-state index in [4.69, 9.17) is 32.7 Å². The maximum Gasteiger partial charge on any atom is 0.321 e. The number of pyridine rings is 1. The molecule has 1 aliphatic heterocycles. The van der Waals surface area contributed by atoms with Crippen molar-refractivity contribution in [2.24, 2.45) is 0 Å². The number of amides is 4. The van der Waals surface area contributed by atoms with Crippen LogP contribution in [-0.4, -0.2) is 67.6 Å². The Morgan fingerprint density at radius 2 is 1.78 bits per heavy atom. The fourth-order valence-electron chi connectivity index (χ4n) is 4.75. The van der Waals surface area contributed by atoms with Crippen molar-refractivity contribution >= 4 is 69.4 Å². The first-order valence-electron chi connectivity index (χ1n) is 14.6. The highest BCUT2D eigenvalue weighted by molar-refractivity contribution is 6.38. The van der Waals surface area contributed by atoms with Crippen LogP contribution in [0.25, 0.3) is 17.0 Å². The van der Waals surface area contributed by atoms with Gasteiger partial charge in [-0.1, -0.05) is 53.5 Å². The summed E-state index contributed by atoms with van der Waals surface area (Å²) < 4.78 is 11.4. The van der Waals surface area contributed by atoms with E-state index in [0.29, 0.717) is 54.0 Å². The summed E-state index contributed by atoms with van der Waals surface area (Å²) in [5, 5.41) is 7.06. The van der Waals surface area contributed by atoms with Gasteiger partial charge in [-0.2, -0.15) is 0 Å². The van der Waals surface area contributed by atoms with E-state index in [1.54, 1.807) is 54.4 Å². The normalized spacial score (nSPS) is 13.1. The van der Waals surface area contributed by atoms with Crippen LogP contribution in [-0.2, 0) is 20.9 Å². The molecule has 2 heterocycles. The summed E-state index contributed by atoms with van der Waals surface area (Å²) in [7, 11) is 1.57. The number of carbonyl (C=O) groups is 3. The van der Waals surface area contributed by atoms with E-state index in [1.165, 1.54) is 11.0 Å². The second kappa shape index (κ2) is 15.1. The molecule has 0 saturated carbocycles. The summed E-state index contributed by atoms with van der Waals surface area (Å²) >= 11 is 13.2. The molecule has 2 N–H and O–H groups in total. The van der Waals surface area contributed by atoms with Crippen LogP contribution < -0.4 is 20.3 Å². The van der Waals surface area contributed by atoms with Crippen LogP contribution in [0.4, 0.5) is 16.2 Å². The second-order valence-corrected chi connectivity index (χ2v) is 11.4. The Labute approximate surface area is 276 Å². The van der Waals surface area contributed by atoms with Crippen molar-refractivity contribution in [3.05, 3.63) is 99.7 Å². The number of aromatic nitrogens is 1. The molecule has 12 heteroatoms. The molecule has 0 radical (unpaired) electrons. The molecule has 1 aliphatic rings. The number of fused-ring (bicyclic) bond motifs is 1. The number of urea groups is 1. The Kier molecular flexibility index (Phi) is 10.7. The predicted octanol–water partition coefficient (Wildman–Crippen LogP) is 6.09. The Morgan fingerprint density at radius 1 is 1.02 bits per heavy atom. The van der Waals surface area contributed by atoms with Crippen LogP contribution >= 0.6 is 23.2 Å². The van der Waals surface area contributed by atoms with Crippen LogP contribution in [0.15, 0.2) is 72.8 Å². The van der Waals surface area contributed by atoms with Crippen LogP contribution in [0, 0.1) is 6.92 Å². The van der Waals surface area contributed by atoms with Gasteiger partial charge in [0.1, 0.15) is 17.9 Å². The molecule has 0 spiro atoms. The van der Waals surface area contributed by atoms with Crippen LogP contribution in [0.1, 0.15) is 16.8 Å². The summed E-state index contributed by atoms with van der Waals surface area (Å²) in [5.74, 6) is -0.237. The molecule has 0 aliphatic carbocycles. The summed E-state index contributed by atoms with van der Waals surface area (Å²) in [6.45, 7) is 3.87. The van der Waals surface area contributed by atoms with Crippen molar-refractivity contribution in [3.8, 4) is 5.75 Å². The van der Waals surface area contributed by atoms with Gasteiger partial charge in [0.05, 0.1) is 30.5 Å². The third kappa shape index (κ3) is 8.14. The van der Waals surface area contributed by atoms with Gasteiger partial charge in [-0.15, -0.1) is 0 Å². The van der Waals surface area contributed by atoms with Crippen molar-refractivity contribution in [3.63, 3.8) is 0 Å². The topological polar surface area (TPSA) is 113 Å². The third-order valence-electron chi connectivity index (χ3n) is 7.40. The Hall–Kier alpha value is -4.64. The number of carbonyl (C=O) groups excluding carboxylic acids is 3. The van der Waals surface area contributed by atoms with Gasteiger partial charge in [-0.05, 0) is 55.0 Å². The maximum atomic E-state index is 13.0. The molecule has 46 heavy (non-hydrogen) atoms. The zero-order chi connectivity index (χ0) is 32.6. The largest absolute Gasteiger partial charge is 0.487 e. The average molecular weight is 663 g/mol. The van der Waals surface area contributed by atoms with Gasteiger partial charge in [0.25, 0.3) is 0 Å². The lowest BCUT2D eigenvalue weighted by atomic mass is 10.1. The SMILES string of the molecule is Cc1ccc2cccc(OCc3c(Cl)ccc(N(C)C(=O)CNC(=O)/C=C/c4ccc(NC(=O)N5CCOCC5)cc4)c3Cl)c2n1. The molecule has 1 saturated heterocycles. The van der Waals surface area contributed by atoms with Crippen LogP contribution in [0.5, 0.6) is 5.75 Å². The number of aryl methyl sites for hydroxylation is 1. The number of nitrogens with one attached hydrogen (secondary N) is 2. The Balaban J connectivity index is 1.14. The molecule has 5 rings (SSSR count). The highest BCUT2D eigenvalue weighted by Crippen LogP contribution is 2.35. The number of hydrogen-bond donors (Lipinski definition) is 2. The number of morpholine rings is 1. The molecule has 4 amide bonds. The minimum absolute atomic E-state index is 0.0605. The second-order valence-electron chi connectivity index (χ2n) is 10.6. The lowest BCUT2D eigenvalue weighted by molar-refractivity contribution is -0.122. The van der Waals surface area contributed by atoms with Crippen molar-refractivity contribution in [2.45, 2.75) is 13.5 Å². The minimum Gasteiger partial charge on any atom is -0.487 e. The van der Waals surface area contributed by atoms with Gasteiger partial charge < -0.3 is 29.9 Å². The number of rotatable bonds is 9. The van der Waals surface area contributed by atoms with Crippen molar-refractivity contribution in [2.75, 3.05) is 50.1 Å². The van der Waals surface area contributed by atoms with Crippen molar-refractivity contribution in [1.82, 2.24) is 15.2 Å². The molecule has 1 aromatic heterocycles. The van der Waals surface area contributed by atoms with Crippen LogP contribution in [0.2, 0.25) is 10.0 Å². The number of para-hydroxylation sites is 1. The number of benzene rings is 3. The molecular formula is C34H33Cl2N5O5. The number of ether oxygens (including phenoxy) is 2. The number of likely N-dealkylation sites (N-methyl/N-ethyl adjacent to an activating group) is 1. The quantitative estimate of drug-likeness (QED) is 0.210. The summed E-state index contributed by atoms with van der Waals surface area (Å²) in [5.41, 5.74) is 3.93. The number of anilines is 2. The molecule has 1 fully saturated rings. The fraction of sp³-hybridized carbons (Fsp3) is 0.235. The highest BCUT2D eigenvalue weighted by Gasteiger charge is 2.20. The lowest BCUT2D eigenvalue weighted by Gasteiger charge is -2.26. The maximum absolute atomic E-state index is 13.0. The van der Waals surface area contributed by atoms with E-state index in [-0.39, 0.29) is 30.1 Å². The van der Waals surface area contributed by atoms with E-state index >= 15 is 0 Å². The van der Waals surface area contributed by atoms with Gasteiger partial charge >= 0.3 is 6.03 Å². The summed E-state index contributed by atoms with van der Waals surface area (Å²) in [6, 6.07) is 19.8. The van der Waals surface area contributed by atoms with Gasteiger partial charge in [0.15, 0.2) is 0 Å². The lowest BCUT2D eigenvalue weighted by Crippen LogP contribution is -2.43. The van der Waals surface area contributed by atoms with E-state index in [9.17, 15) is 14.4 Å². The van der Waals surface area contributed by atoms with Gasteiger partial charge in [0.2, 0.25) is 11.8 Å². The van der Waals surface area contributed by atoms with E-state index in [1.807, 2.05) is 37.3 Å². The molecule has 0 bridgehead atoms. The first-order chi connectivity index (χ1) is 22.2. The van der Waals surface area contributed by atoms with E-state index in [2.05, 4.69) is 15.6 Å². The van der Waals surface area contributed by atoms with Crippen molar-refractivity contribution < 1.29 is 23.9 Å². The number of hydrogen-bond acceptors (Lipinski definition) is 6. The average Bonchev–Trinajstić information content (AvgIpc) is 3.07. The van der Waals surface area contributed by atoms with Gasteiger partial charge in [0, 0.05) is 53.6 Å². The zero-order valence-electron chi connectivity index (χ0n) is 25.4. The molecule has 0 unspecified atom stereocenters. The summed E-state index contributed by atoms with van der Waals surface area (Å²) in [6.07, 6.45) is 2.95. The highest BCUT2D eigenvalue weighted by atomic mass is 35.5. The molecule has 3 aromatic carbocycles. The number of halogens is 2.